The van der Waals surface area contributed by atoms with E-state index in [1.54, 1.807) is 11.9 Å². The maximum absolute atomic E-state index is 12.9. The number of amides is 1. The minimum atomic E-state index is -0.426. The van der Waals surface area contributed by atoms with Crippen LogP contribution in [0.1, 0.15) is 30.1 Å². The van der Waals surface area contributed by atoms with Crippen molar-refractivity contribution in [1.29, 1.82) is 0 Å². The number of rotatable bonds is 3. The molecule has 1 atom stereocenters. The largest absolute Gasteiger partial charge is 0.339 e. The van der Waals surface area contributed by atoms with Gasteiger partial charge in [0.25, 0.3) is 5.91 Å². The van der Waals surface area contributed by atoms with Crippen molar-refractivity contribution in [2.75, 3.05) is 7.05 Å². The van der Waals surface area contributed by atoms with Crippen molar-refractivity contribution in [1.82, 2.24) is 4.90 Å². The lowest BCUT2D eigenvalue weighted by Gasteiger charge is -2.25. The molecule has 0 saturated heterocycles. The van der Waals surface area contributed by atoms with Gasteiger partial charge in [0.05, 0.1) is 10.6 Å². The summed E-state index contributed by atoms with van der Waals surface area (Å²) in [6.45, 7) is 2.03. The molecule has 2 nitrogen and oxygen atoms in total. The summed E-state index contributed by atoms with van der Waals surface area (Å²) in [7, 11) is 1.77. The van der Waals surface area contributed by atoms with Crippen molar-refractivity contribution in [2.24, 2.45) is 5.92 Å². The summed E-state index contributed by atoms with van der Waals surface area (Å²) in [6, 6.07) is 4.08. The third-order valence-corrected chi connectivity index (χ3v) is 3.71. The van der Waals surface area contributed by atoms with E-state index in [9.17, 15) is 9.18 Å². The molecular weight excluding hydrogens is 241 g/mol. The van der Waals surface area contributed by atoms with Crippen LogP contribution in [0.15, 0.2) is 18.2 Å². The third kappa shape index (κ3) is 2.60. The summed E-state index contributed by atoms with van der Waals surface area (Å²) in [4.78, 5) is 13.9. The fraction of sp³-hybridized carbons (Fsp3) is 0.462. The van der Waals surface area contributed by atoms with Gasteiger partial charge in [-0.25, -0.2) is 4.39 Å². The molecule has 92 valence electrons. The summed E-state index contributed by atoms with van der Waals surface area (Å²) in [5.41, 5.74) is 0.364. The Kier molecular flexibility index (Phi) is 3.38. The standard InChI is InChI=1S/C13H15ClFNO/c1-8(9-3-4-9)16(2)13(17)11-6-5-10(15)7-12(11)14/h5-9H,3-4H2,1-2H3. The van der Waals surface area contributed by atoms with Crippen LogP contribution in [0.25, 0.3) is 0 Å². The highest BCUT2D eigenvalue weighted by molar-refractivity contribution is 6.33. The zero-order valence-corrected chi connectivity index (χ0v) is 10.7. The van der Waals surface area contributed by atoms with Gasteiger partial charge in [0, 0.05) is 13.1 Å². The van der Waals surface area contributed by atoms with Crippen LogP contribution in [-0.4, -0.2) is 23.9 Å². The van der Waals surface area contributed by atoms with E-state index in [-0.39, 0.29) is 17.0 Å². The number of halogens is 2. The van der Waals surface area contributed by atoms with Gasteiger partial charge in [-0.2, -0.15) is 0 Å². The monoisotopic (exact) mass is 255 g/mol. The molecule has 1 unspecified atom stereocenters. The molecule has 1 fully saturated rings. The lowest BCUT2D eigenvalue weighted by molar-refractivity contribution is 0.0727. The van der Waals surface area contributed by atoms with E-state index in [1.165, 1.54) is 31.0 Å². The van der Waals surface area contributed by atoms with Gasteiger partial charge in [-0.3, -0.25) is 4.79 Å². The van der Waals surface area contributed by atoms with Crippen molar-refractivity contribution in [2.45, 2.75) is 25.8 Å². The summed E-state index contributed by atoms with van der Waals surface area (Å²) >= 11 is 5.88. The molecule has 1 aliphatic carbocycles. The highest BCUT2D eigenvalue weighted by Gasteiger charge is 2.33. The molecule has 0 aromatic heterocycles. The molecule has 1 amide bonds. The number of benzene rings is 1. The van der Waals surface area contributed by atoms with Crippen molar-refractivity contribution in [3.05, 3.63) is 34.6 Å². The normalized spacial score (nSPS) is 16.7. The Bertz CT molecular complexity index is 445. The molecule has 0 bridgehead atoms. The van der Waals surface area contributed by atoms with Crippen LogP contribution in [0.3, 0.4) is 0 Å². The minimum absolute atomic E-state index is 0.144. The van der Waals surface area contributed by atoms with Crippen LogP contribution in [-0.2, 0) is 0 Å². The lowest BCUT2D eigenvalue weighted by atomic mass is 10.1. The zero-order valence-electron chi connectivity index (χ0n) is 9.91. The molecule has 1 aromatic carbocycles. The highest BCUT2D eigenvalue weighted by Crippen LogP contribution is 2.35. The average molecular weight is 256 g/mol. The average Bonchev–Trinajstić information content (AvgIpc) is 3.10. The first-order valence-electron chi connectivity index (χ1n) is 5.73. The summed E-state index contributed by atoms with van der Waals surface area (Å²) in [5, 5.41) is 0.171. The molecule has 0 N–H and O–H groups in total. The molecule has 0 aliphatic heterocycles. The predicted octanol–water partition coefficient (Wildman–Crippen LogP) is 3.35. The van der Waals surface area contributed by atoms with Gasteiger partial charge in [-0.15, -0.1) is 0 Å². The minimum Gasteiger partial charge on any atom is -0.339 e. The maximum atomic E-state index is 12.9. The SMILES string of the molecule is CC(C1CC1)N(C)C(=O)c1ccc(F)cc1Cl. The second-order valence-electron chi connectivity index (χ2n) is 4.62. The Morgan fingerprint density at radius 2 is 2.18 bits per heavy atom. The number of nitrogens with zero attached hydrogens (tertiary/aromatic N) is 1. The summed E-state index contributed by atoms with van der Waals surface area (Å²) in [5.74, 6) is 0.0296. The Balaban J connectivity index is 2.18. The van der Waals surface area contributed by atoms with Crippen LogP contribution >= 0.6 is 11.6 Å². The first kappa shape index (κ1) is 12.4. The molecule has 1 aromatic rings. The third-order valence-electron chi connectivity index (χ3n) is 3.40. The first-order chi connectivity index (χ1) is 8.00. The predicted molar refractivity (Wildman–Crippen MR) is 65.7 cm³/mol. The van der Waals surface area contributed by atoms with E-state index in [0.29, 0.717) is 11.5 Å². The molecule has 0 radical (unpaired) electrons. The first-order valence-corrected chi connectivity index (χ1v) is 6.10. The van der Waals surface area contributed by atoms with Crippen LogP contribution in [0.4, 0.5) is 4.39 Å². The smallest absolute Gasteiger partial charge is 0.255 e. The van der Waals surface area contributed by atoms with Crippen LogP contribution in [0.2, 0.25) is 5.02 Å². The van der Waals surface area contributed by atoms with E-state index in [1.807, 2.05) is 6.92 Å². The quantitative estimate of drug-likeness (QED) is 0.811. The van der Waals surface area contributed by atoms with Gasteiger partial charge in [-0.1, -0.05) is 11.6 Å². The van der Waals surface area contributed by atoms with Gasteiger partial charge in [0.1, 0.15) is 5.82 Å². The van der Waals surface area contributed by atoms with Gasteiger partial charge in [0.15, 0.2) is 0 Å². The Morgan fingerprint density at radius 3 is 2.71 bits per heavy atom. The van der Waals surface area contributed by atoms with E-state index in [2.05, 4.69) is 0 Å². The summed E-state index contributed by atoms with van der Waals surface area (Å²) in [6.07, 6.45) is 2.35. The highest BCUT2D eigenvalue weighted by atomic mass is 35.5. The topological polar surface area (TPSA) is 20.3 Å². The molecular formula is C13H15ClFNO. The van der Waals surface area contributed by atoms with Gasteiger partial charge in [-0.05, 0) is 43.9 Å². The van der Waals surface area contributed by atoms with Crippen molar-refractivity contribution >= 4 is 17.5 Å². The molecule has 17 heavy (non-hydrogen) atoms. The van der Waals surface area contributed by atoms with Crippen LogP contribution in [0.5, 0.6) is 0 Å². The number of hydrogen-bond acceptors (Lipinski definition) is 1. The Morgan fingerprint density at radius 1 is 1.53 bits per heavy atom. The number of carbonyl (C=O) groups is 1. The van der Waals surface area contributed by atoms with Gasteiger partial charge < -0.3 is 4.90 Å². The molecule has 1 saturated carbocycles. The van der Waals surface area contributed by atoms with E-state index in [0.717, 1.165) is 0 Å². The zero-order chi connectivity index (χ0) is 12.6. The fourth-order valence-electron chi connectivity index (χ4n) is 1.93. The Hall–Kier alpha value is -1.09. The van der Waals surface area contributed by atoms with E-state index >= 15 is 0 Å². The van der Waals surface area contributed by atoms with Crippen molar-refractivity contribution < 1.29 is 9.18 Å². The number of hydrogen-bond donors (Lipinski definition) is 0. The fourth-order valence-corrected chi connectivity index (χ4v) is 2.18. The Labute approximate surface area is 105 Å². The van der Waals surface area contributed by atoms with Crippen molar-refractivity contribution in [3.63, 3.8) is 0 Å². The van der Waals surface area contributed by atoms with Gasteiger partial charge >= 0.3 is 0 Å². The van der Waals surface area contributed by atoms with Crippen molar-refractivity contribution in [3.8, 4) is 0 Å². The molecule has 0 spiro atoms. The summed E-state index contributed by atoms with van der Waals surface area (Å²) < 4.78 is 12.9. The van der Waals surface area contributed by atoms with E-state index in [4.69, 9.17) is 11.6 Å². The van der Waals surface area contributed by atoms with E-state index < -0.39 is 5.82 Å². The lowest BCUT2D eigenvalue weighted by Crippen LogP contribution is -2.36. The molecule has 4 heteroatoms. The number of carbonyl (C=O) groups excluding carboxylic acids is 1. The second kappa shape index (κ2) is 4.65. The molecule has 1 aliphatic rings. The maximum Gasteiger partial charge on any atom is 0.255 e. The second-order valence-corrected chi connectivity index (χ2v) is 5.03. The van der Waals surface area contributed by atoms with Crippen LogP contribution in [0, 0.1) is 11.7 Å². The molecule has 2 rings (SSSR count). The van der Waals surface area contributed by atoms with Gasteiger partial charge in [0.2, 0.25) is 0 Å². The van der Waals surface area contributed by atoms with Crippen LogP contribution < -0.4 is 0 Å². The molecule has 0 heterocycles.